The van der Waals surface area contributed by atoms with Crippen LogP contribution in [0.2, 0.25) is 0 Å². The highest BCUT2D eigenvalue weighted by Crippen LogP contribution is 2.26. The molecule has 0 amide bonds. The highest BCUT2D eigenvalue weighted by Gasteiger charge is 2.33. The Kier molecular flexibility index (Phi) is 6.28. The summed E-state index contributed by atoms with van der Waals surface area (Å²) in [4.78, 5) is 2.40. The Balaban J connectivity index is 2.48. The van der Waals surface area contributed by atoms with Crippen LogP contribution in [0, 0.1) is 0 Å². The molecule has 4 heteroatoms. The molecule has 0 aromatic rings. The molecule has 4 nitrogen and oxygen atoms in total. The van der Waals surface area contributed by atoms with E-state index in [2.05, 4.69) is 11.9 Å². The summed E-state index contributed by atoms with van der Waals surface area (Å²) in [5.74, 6) is 0. The number of ether oxygens (including phenoxy) is 2. The molecule has 0 aromatic heterocycles. The minimum Gasteiger partial charge on any atom is -0.385 e. The van der Waals surface area contributed by atoms with Crippen LogP contribution in [0.25, 0.3) is 0 Å². The summed E-state index contributed by atoms with van der Waals surface area (Å²) in [6, 6.07) is 0. The normalized spacial score (nSPS) is 27.0. The van der Waals surface area contributed by atoms with E-state index in [1.165, 1.54) is 0 Å². The molecule has 0 aromatic carbocycles. The van der Waals surface area contributed by atoms with E-state index in [0.29, 0.717) is 0 Å². The molecule has 1 fully saturated rings. The first kappa shape index (κ1) is 13.9. The summed E-state index contributed by atoms with van der Waals surface area (Å²) in [5.41, 5.74) is 6.13. The van der Waals surface area contributed by atoms with Crippen LogP contribution in [0.3, 0.4) is 0 Å². The number of hydrogen-bond donors (Lipinski definition) is 1. The number of nitrogens with two attached hydrogens (primary N) is 1. The van der Waals surface area contributed by atoms with Gasteiger partial charge in [-0.05, 0) is 32.7 Å². The fourth-order valence-electron chi connectivity index (χ4n) is 2.42. The summed E-state index contributed by atoms with van der Waals surface area (Å²) < 4.78 is 10.6. The molecule has 1 heterocycles. The van der Waals surface area contributed by atoms with Gasteiger partial charge in [0, 0.05) is 45.6 Å². The predicted molar refractivity (Wildman–Crippen MR) is 65.6 cm³/mol. The zero-order chi connectivity index (χ0) is 11.9. The van der Waals surface area contributed by atoms with Gasteiger partial charge >= 0.3 is 0 Å². The summed E-state index contributed by atoms with van der Waals surface area (Å²) >= 11 is 0. The van der Waals surface area contributed by atoms with Crippen LogP contribution >= 0.6 is 0 Å². The minimum atomic E-state index is 0.143. The van der Waals surface area contributed by atoms with Crippen molar-refractivity contribution in [1.29, 1.82) is 0 Å². The van der Waals surface area contributed by atoms with Gasteiger partial charge in [0.15, 0.2) is 0 Å². The topological polar surface area (TPSA) is 47.7 Å². The Hall–Kier alpha value is -0.160. The molecule has 16 heavy (non-hydrogen) atoms. The lowest BCUT2D eigenvalue weighted by Gasteiger charge is -2.40. The quantitative estimate of drug-likeness (QED) is 0.687. The van der Waals surface area contributed by atoms with E-state index < -0.39 is 0 Å². The van der Waals surface area contributed by atoms with Gasteiger partial charge in [-0.1, -0.05) is 0 Å². The number of nitrogens with zero attached hydrogens (tertiary/aromatic N) is 1. The van der Waals surface area contributed by atoms with Gasteiger partial charge in [0.1, 0.15) is 0 Å². The van der Waals surface area contributed by atoms with Gasteiger partial charge in [-0.2, -0.15) is 0 Å². The number of methoxy groups -OCH3 is 1. The van der Waals surface area contributed by atoms with Crippen molar-refractivity contribution in [3.8, 4) is 0 Å². The molecule has 0 aliphatic carbocycles. The largest absolute Gasteiger partial charge is 0.385 e. The molecule has 2 N–H and O–H groups in total. The Morgan fingerprint density at radius 2 is 2.19 bits per heavy atom. The van der Waals surface area contributed by atoms with Gasteiger partial charge in [-0.15, -0.1) is 0 Å². The maximum Gasteiger partial charge on any atom is 0.0484 e. The zero-order valence-electron chi connectivity index (χ0n) is 10.7. The summed E-state index contributed by atoms with van der Waals surface area (Å²) in [6.07, 6.45) is 4.38. The second-order valence-corrected chi connectivity index (χ2v) is 4.66. The molecule has 0 saturated carbocycles. The summed E-state index contributed by atoms with van der Waals surface area (Å²) in [7, 11) is 3.92. The van der Waals surface area contributed by atoms with E-state index in [4.69, 9.17) is 15.2 Å². The van der Waals surface area contributed by atoms with Gasteiger partial charge in [-0.3, -0.25) is 4.90 Å². The van der Waals surface area contributed by atoms with E-state index in [0.717, 1.165) is 58.6 Å². The molecular weight excluding hydrogens is 204 g/mol. The van der Waals surface area contributed by atoms with E-state index in [1.807, 2.05) is 0 Å². The van der Waals surface area contributed by atoms with E-state index in [-0.39, 0.29) is 5.54 Å². The van der Waals surface area contributed by atoms with E-state index in [1.54, 1.807) is 7.11 Å². The Labute approximate surface area is 99.1 Å². The second kappa shape index (κ2) is 7.22. The van der Waals surface area contributed by atoms with Crippen LogP contribution in [0.15, 0.2) is 0 Å². The number of rotatable bonds is 6. The number of hydrogen-bond acceptors (Lipinski definition) is 4. The van der Waals surface area contributed by atoms with Crippen LogP contribution in [0.5, 0.6) is 0 Å². The van der Waals surface area contributed by atoms with E-state index in [9.17, 15) is 0 Å². The van der Waals surface area contributed by atoms with Crippen molar-refractivity contribution in [2.45, 2.75) is 31.2 Å². The maximum absolute atomic E-state index is 5.98. The van der Waals surface area contributed by atoms with Crippen LogP contribution < -0.4 is 5.73 Å². The Morgan fingerprint density at radius 1 is 1.38 bits per heavy atom. The van der Waals surface area contributed by atoms with Crippen molar-refractivity contribution in [2.24, 2.45) is 5.73 Å². The van der Waals surface area contributed by atoms with E-state index >= 15 is 0 Å². The highest BCUT2D eigenvalue weighted by molar-refractivity contribution is 4.91. The van der Waals surface area contributed by atoms with Crippen molar-refractivity contribution in [1.82, 2.24) is 4.90 Å². The van der Waals surface area contributed by atoms with Crippen molar-refractivity contribution >= 4 is 0 Å². The molecule has 1 aliphatic heterocycles. The van der Waals surface area contributed by atoms with Crippen molar-refractivity contribution in [2.75, 3.05) is 47.1 Å². The van der Waals surface area contributed by atoms with Crippen LogP contribution in [0.1, 0.15) is 25.7 Å². The molecule has 1 unspecified atom stereocenters. The first-order chi connectivity index (χ1) is 7.75. The third-order valence-corrected chi connectivity index (χ3v) is 3.67. The summed E-state index contributed by atoms with van der Waals surface area (Å²) in [5, 5.41) is 0. The lowest BCUT2D eigenvalue weighted by Crippen LogP contribution is -2.52. The van der Waals surface area contributed by atoms with Gasteiger partial charge in [0.2, 0.25) is 0 Å². The third kappa shape index (κ3) is 3.70. The minimum absolute atomic E-state index is 0.143. The molecule has 1 aliphatic rings. The lowest BCUT2D eigenvalue weighted by atomic mass is 9.89. The molecule has 96 valence electrons. The maximum atomic E-state index is 5.98. The SMILES string of the molecule is COCCCN(C)C1(CN)CCCOCC1. The fraction of sp³-hybridized carbons (Fsp3) is 1.00. The average molecular weight is 230 g/mol. The Bertz CT molecular complexity index is 180. The third-order valence-electron chi connectivity index (χ3n) is 3.67. The molecule has 0 bridgehead atoms. The molecule has 0 spiro atoms. The molecule has 1 saturated heterocycles. The molecule has 0 radical (unpaired) electrons. The van der Waals surface area contributed by atoms with Gasteiger partial charge < -0.3 is 15.2 Å². The average Bonchev–Trinajstić information content (AvgIpc) is 2.55. The fourth-order valence-corrected chi connectivity index (χ4v) is 2.42. The van der Waals surface area contributed by atoms with Gasteiger partial charge in [0.25, 0.3) is 0 Å². The second-order valence-electron chi connectivity index (χ2n) is 4.66. The number of likely N-dealkylation sites (N-methyl/N-ethyl adjacent to an activating group) is 1. The smallest absolute Gasteiger partial charge is 0.0484 e. The summed E-state index contributed by atoms with van der Waals surface area (Å²) in [6.45, 7) is 4.31. The van der Waals surface area contributed by atoms with Crippen LogP contribution in [0.4, 0.5) is 0 Å². The molecule has 1 atom stereocenters. The van der Waals surface area contributed by atoms with Crippen molar-refractivity contribution in [3.05, 3.63) is 0 Å². The van der Waals surface area contributed by atoms with Gasteiger partial charge in [0.05, 0.1) is 0 Å². The zero-order valence-corrected chi connectivity index (χ0v) is 10.7. The van der Waals surface area contributed by atoms with Crippen LogP contribution in [-0.4, -0.2) is 57.5 Å². The van der Waals surface area contributed by atoms with Crippen molar-refractivity contribution in [3.63, 3.8) is 0 Å². The first-order valence-electron chi connectivity index (χ1n) is 6.23. The highest BCUT2D eigenvalue weighted by atomic mass is 16.5. The molecular formula is C12H26N2O2. The van der Waals surface area contributed by atoms with Crippen molar-refractivity contribution < 1.29 is 9.47 Å². The standard InChI is InChI=1S/C12H26N2O2/c1-14(7-4-8-15-2)12(11-13)5-3-9-16-10-6-12/h3-11,13H2,1-2H3. The first-order valence-corrected chi connectivity index (χ1v) is 6.23. The van der Waals surface area contributed by atoms with Crippen LogP contribution in [-0.2, 0) is 9.47 Å². The monoisotopic (exact) mass is 230 g/mol. The molecule has 1 rings (SSSR count). The Morgan fingerprint density at radius 3 is 2.88 bits per heavy atom. The predicted octanol–water partition coefficient (Wildman–Crippen LogP) is 0.853. The van der Waals surface area contributed by atoms with Gasteiger partial charge in [-0.25, -0.2) is 0 Å². The lowest BCUT2D eigenvalue weighted by molar-refractivity contribution is 0.0796.